The quantitative estimate of drug-likeness (QED) is 0.888. The van der Waals surface area contributed by atoms with Crippen molar-refractivity contribution in [3.8, 4) is 5.75 Å². The van der Waals surface area contributed by atoms with Gasteiger partial charge in [-0.05, 0) is 24.6 Å². The molecular formula is C14H15ClN2O3. The molecule has 1 aromatic carbocycles. The molecule has 0 saturated carbocycles. The van der Waals surface area contributed by atoms with Crippen molar-refractivity contribution in [2.24, 2.45) is 0 Å². The molecule has 0 spiro atoms. The van der Waals surface area contributed by atoms with E-state index in [-0.39, 0.29) is 12.2 Å². The van der Waals surface area contributed by atoms with Crippen LogP contribution in [-0.4, -0.2) is 20.6 Å². The Bertz CT molecular complexity index is 610. The van der Waals surface area contributed by atoms with Crippen LogP contribution in [0.2, 0.25) is 5.02 Å². The third kappa shape index (κ3) is 3.30. The van der Waals surface area contributed by atoms with E-state index in [2.05, 4.69) is 11.9 Å². The van der Waals surface area contributed by atoms with Crippen molar-refractivity contribution in [3.05, 3.63) is 47.0 Å². The third-order valence-corrected chi connectivity index (χ3v) is 3.05. The van der Waals surface area contributed by atoms with Gasteiger partial charge in [-0.2, -0.15) is 0 Å². The lowest BCUT2D eigenvalue weighted by atomic mass is 10.2. The van der Waals surface area contributed by atoms with E-state index in [9.17, 15) is 4.79 Å². The van der Waals surface area contributed by atoms with Gasteiger partial charge in [-0.3, -0.25) is 0 Å². The predicted molar refractivity (Wildman–Crippen MR) is 75.3 cm³/mol. The first-order valence-corrected chi connectivity index (χ1v) is 6.64. The fraction of sp³-hybridized carbons (Fsp3) is 0.286. The van der Waals surface area contributed by atoms with Crippen LogP contribution in [0.1, 0.15) is 29.4 Å². The van der Waals surface area contributed by atoms with Crippen molar-refractivity contribution in [1.82, 2.24) is 9.55 Å². The molecule has 0 aliphatic rings. The van der Waals surface area contributed by atoms with Crippen molar-refractivity contribution >= 4 is 17.6 Å². The number of carboxylic acid groups (broad SMARTS) is 1. The summed E-state index contributed by atoms with van der Waals surface area (Å²) in [4.78, 5) is 15.2. The second-order valence-corrected chi connectivity index (χ2v) is 4.75. The van der Waals surface area contributed by atoms with Crippen LogP contribution in [0.3, 0.4) is 0 Å². The zero-order valence-corrected chi connectivity index (χ0v) is 11.8. The average Bonchev–Trinajstić information content (AvgIpc) is 2.85. The Balaban J connectivity index is 2.14. The van der Waals surface area contributed by atoms with Crippen molar-refractivity contribution in [3.63, 3.8) is 0 Å². The Morgan fingerprint density at radius 2 is 2.30 bits per heavy atom. The highest BCUT2D eigenvalue weighted by molar-refractivity contribution is 6.31. The number of rotatable bonds is 6. The van der Waals surface area contributed by atoms with Crippen molar-refractivity contribution in [2.45, 2.75) is 26.5 Å². The number of hydrogen-bond donors (Lipinski definition) is 1. The third-order valence-electron chi connectivity index (χ3n) is 2.81. The lowest BCUT2D eigenvalue weighted by Gasteiger charge is -2.11. The average molecular weight is 295 g/mol. The maximum absolute atomic E-state index is 11.1. The van der Waals surface area contributed by atoms with Crippen LogP contribution in [-0.2, 0) is 13.2 Å². The number of carbonyl (C=O) groups is 1. The van der Waals surface area contributed by atoms with Gasteiger partial charge in [-0.25, -0.2) is 9.78 Å². The summed E-state index contributed by atoms with van der Waals surface area (Å²) in [6.45, 7) is 3.19. The van der Waals surface area contributed by atoms with E-state index in [0.717, 1.165) is 18.7 Å². The maximum Gasteiger partial charge on any atom is 0.339 e. The zero-order valence-electron chi connectivity index (χ0n) is 11.0. The standard InChI is InChI=1S/C14H15ClN2O3/c1-2-5-17-9-16-7-11(17)8-20-13-4-3-10(15)6-12(13)14(18)19/h3-4,6-7,9H,2,5,8H2,1H3,(H,18,19). The second kappa shape index (κ2) is 6.43. The zero-order chi connectivity index (χ0) is 14.5. The fourth-order valence-corrected chi connectivity index (χ4v) is 2.03. The Kier molecular flexibility index (Phi) is 4.63. The highest BCUT2D eigenvalue weighted by Crippen LogP contribution is 2.23. The van der Waals surface area contributed by atoms with Gasteiger partial charge in [0.1, 0.15) is 17.9 Å². The topological polar surface area (TPSA) is 64.4 Å². The predicted octanol–water partition coefficient (Wildman–Crippen LogP) is 3.22. The molecule has 2 aromatic rings. The molecule has 20 heavy (non-hydrogen) atoms. The number of carboxylic acids is 1. The summed E-state index contributed by atoms with van der Waals surface area (Å²) in [5, 5.41) is 9.50. The van der Waals surface area contributed by atoms with Gasteiger partial charge in [0, 0.05) is 11.6 Å². The Morgan fingerprint density at radius 3 is 3.00 bits per heavy atom. The summed E-state index contributed by atoms with van der Waals surface area (Å²) in [6, 6.07) is 4.54. The molecule has 106 valence electrons. The van der Waals surface area contributed by atoms with Crippen LogP contribution < -0.4 is 4.74 Å². The van der Waals surface area contributed by atoms with E-state index < -0.39 is 5.97 Å². The van der Waals surface area contributed by atoms with Crippen LogP contribution in [0.4, 0.5) is 0 Å². The van der Waals surface area contributed by atoms with Gasteiger partial charge in [0.2, 0.25) is 0 Å². The number of hydrogen-bond acceptors (Lipinski definition) is 3. The summed E-state index contributed by atoms with van der Waals surface area (Å²) in [5.74, 6) is -0.768. The molecule has 1 heterocycles. The number of imidazole rings is 1. The van der Waals surface area contributed by atoms with Gasteiger partial charge in [-0.15, -0.1) is 0 Å². The van der Waals surface area contributed by atoms with E-state index >= 15 is 0 Å². The molecule has 0 fully saturated rings. The molecule has 0 radical (unpaired) electrons. The van der Waals surface area contributed by atoms with Gasteiger partial charge in [0.15, 0.2) is 0 Å². The number of aromatic nitrogens is 2. The summed E-state index contributed by atoms with van der Waals surface area (Å²) in [6.07, 6.45) is 4.44. The molecule has 1 aromatic heterocycles. The van der Waals surface area contributed by atoms with Gasteiger partial charge < -0.3 is 14.4 Å². The largest absolute Gasteiger partial charge is 0.486 e. The normalized spacial score (nSPS) is 10.5. The lowest BCUT2D eigenvalue weighted by Crippen LogP contribution is -2.07. The molecule has 0 atom stereocenters. The van der Waals surface area contributed by atoms with Gasteiger partial charge in [0.25, 0.3) is 0 Å². The number of ether oxygens (including phenoxy) is 1. The lowest BCUT2D eigenvalue weighted by molar-refractivity contribution is 0.0691. The monoisotopic (exact) mass is 294 g/mol. The van der Waals surface area contributed by atoms with Crippen LogP contribution >= 0.6 is 11.6 Å². The van der Waals surface area contributed by atoms with Crippen molar-refractivity contribution in [2.75, 3.05) is 0 Å². The van der Waals surface area contributed by atoms with Crippen LogP contribution in [0.15, 0.2) is 30.7 Å². The first-order chi connectivity index (χ1) is 9.61. The minimum Gasteiger partial charge on any atom is -0.486 e. The van der Waals surface area contributed by atoms with E-state index in [1.807, 2.05) is 4.57 Å². The van der Waals surface area contributed by atoms with Gasteiger partial charge >= 0.3 is 5.97 Å². The minimum atomic E-state index is -1.07. The molecular weight excluding hydrogens is 280 g/mol. The highest BCUT2D eigenvalue weighted by atomic mass is 35.5. The van der Waals surface area contributed by atoms with E-state index in [1.165, 1.54) is 6.07 Å². The summed E-state index contributed by atoms with van der Waals surface area (Å²) in [7, 11) is 0. The minimum absolute atomic E-state index is 0.0547. The fourth-order valence-electron chi connectivity index (χ4n) is 1.86. The maximum atomic E-state index is 11.1. The first kappa shape index (κ1) is 14.4. The Morgan fingerprint density at radius 1 is 1.50 bits per heavy atom. The molecule has 5 nitrogen and oxygen atoms in total. The Hall–Kier alpha value is -2.01. The van der Waals surface area contributed by atoms with Crippen molar-refractivity contribution in [1.29, 1.82) is 0 Å². The molecule has 6 heteroatoms. The summed E-state index contributed by atoms with van der Waals surface area (Å²) >= 11 is 5.79. The molecule has 0 aliphatic heterocycles. The molecule has 0 unspecified atom stereocenters. The number of halogens is 1. The molecule has 0 aliphatic carbocycles. The van der Waals surface area contributed by atoms with Crippen molar-refractivity contribution < 1.29 is 14.6 Å². The molecule has 0 bridgehead atoms. The van der Waals surface area contributed by atoms with Gasteiger partial charge in [0.05, 0.1) is 18.2 Å². The van der Waals surface area contributed by atoms with E-state index in [0.29, 0.717) is 10.8 Å². The summed E-state index contributed by atoms with van der Waals surface area (Å²) in [5.41, 5.74) is 0.956. The SMILES string of the molecule is CCCn1cncc1COc1ccc(Cl)cc1C(=O)O. The Labute approximate surface area is 121 Å². The highest BCUT2D eigenvalue weighted by Gasteiger charge is 2.13. The molecule has 0 amide bonds. The second-order valence-electron chi connectivity index (χ2n) is 4.31. The number of nitrogens with zero attached hydrogens (tertiary/aromatic N) is 2. The van der Waals surface area contributed by atoms with Gasteiger partial charge in [-0.1, -0.05) is 18.5 Å². The molecule has 1 N–H and O–H groups in total. The number of benzene rings is 1. The molecule has 0 saturated heterocycles. The number of aryl methyl sites for hydroxylation is 1. The number of aromatic carboxylic acids is 1. The first-order valence-electron chi connectivity index (χ1n) is 6.26. The molecule has 2 rings (SSSR count). The van der Waals surface area contributed by atoms with Crippen LogP contribution in [0, 0.1) is 0 Å². The van der Waals surface area contributed by atoms with Crippen LogP contribution in [0.5, 0.6) is 5.75 Å². The smallest absolute Gasteiger partial charge is 0.339 e. The summed E-state index contributed by atoms with van der Waals surface area (Å²) < 4.78 is 7.57. The van der Waals surface area contributed by atoms with Crippen LogP contribution in [0.25, 0.3) is 0 Å². The van der Waals surface area contributed by atoms with E-state index in [4.69, 9.17) is 21.4 Å². The van der Waals surface area contributed by atoms with E-state index in [1.54, 1.807) is 24.7 Å².